The molecule has 2 aliphatic rings. The van der Waals surface area contributed by atoms with Gasteiger partial charge in [-0.25, -0.2) is 4.99 Å². The molecular weight excluding hydrogens is 412 g/mol. The van der Waals surface area contributed by atoms with E-state index >= 15 is 0 Å². The number of rotatable bonds is 6. The van der Waals surface area contributed by atoms with E-state index in [-0.39, 0.29) is 6.10 Å². The molecule has 0 aliphatic carbocycles. The Morgan fingerprint density at radius 3 is 2.61 bits per heavy atom. The Morgan fingerprint density at radius 1 is 1.26 bits per heavy atom. The number of piperidine rings is 1. The van der Waals surface area contributed by atoms with Crippen LogP contribution in [0.5, 0.6) is 5.75 Å². The van der Waals surface area contributed by atoms with E-state index in [0.29, 0.717) is 11.1 Å². The Balaban J connectivity index is 1.72. The Hall–Kier alpha value is -2.02. The van der Waals surface area contributed by atoms with E-state index in [0.717, 1.165) is 68.3 Å². The summed E-state index contributed by atoms with van der Waals surface area (Å²) < 4.78 is 5.68. The van der Waals surface area contributed by atoms with E-state index < -0.39 is 0 Å². The first-order chi connectivity index (χ1) is 14.8. The van der Waals surface area contributed by atoms with Crippen LogP contribution in [-0.4, -0.2) is 61.3 Å². The van der Waals surface area contributed by atoms with Crippen LogP contribution in [0.15, 0.2) is 40.5 Å². The minimum absolute atomic E-state index is 0.125. The van der Waals surface area contributed by atoms with Crippen molar-refractivity contribution in [1.29, 1.82) is 0 Å². The van der Waals surface area contributed by atoms with E-state index in [1.165, 1.54) is 11.3 Å². The highest BCUT2D eigenvalue weighted by Crippen LogP contribution is 2.35. The number of hydrogen-bond acceptors (Lipinski definition) is 5. The van der Waals surface area contributed by atoms with Crippen molar-refractivity contribution < 1.29 is 9.84 Å². The van der Waals surface area contributed by atoms with Crippen molar-refractivity contribution in [2.75, 3.05) is 43.5 Å². The van der Waals surface area contributed by atoms with E-state index in [2.05, 4.69) is 45.7 Å². The van der Waals surface area contributed by atoms with Crippen molar-refractivity contribution in [3.8, 4) is 5.75 Å². The first kappa shape index (κ1) is 23.6. The van der Waals surface area contributed by atoms with Crippen LogP contribution < -0.4 is 15.0 Å². The van der Waals surface area contributed by atoms with Gasteiger partial charge in [0.05, 0.1) is 23.9 Å². The average Bonchev–Trinajstić information content (AvgIpc) is 3.22. The van der Waals surface area contributed by atoms with E-state index in [4.69, 9.17) is 16.3 Å². The lowest BCUT2D eigenvalue weighted by atomic mass is 10.1. The number of anilines is 2. The van der Waals surface area contributed by atoms with Crippen molar-refractivity contribution in [3.05, 3.63) is 41.1 Å². The molecule has 0 saturated carbocycles. The number of nitrogens with zero attached hydrogens (tertiary/aromatic N) is 3. The molecule has 6 nitrogen and oxygen atoms in total. The van der Waals surface area contributed by atoms with Gasteiger partial charge in [0, 0.05) is 50.2 Å². The van der Waals surface area contributed by atoms with Gasteiger partial charge in [-0.1, -0.05) is 18.2 Å². The molecular formula is C24H35ClN4O2. The number of aliphatic hydroxyl groups excluding tert-OH is 1. The molecule has 0 radical (unpaired) electrons. The minimum Gasteiger partial charge on any atom is -0.494 e. The molecule has 0 spiro atoms. The van der Waals surface area contributed by atoms with Crippen molar-refractivity contribution in [3.63, 3.8) is 0 Å². The molecule has 2 heterocycles. The fourth-order valence-corrected chi connectivity index (χ4v) is 4.33. The molecule has 0 bridgehead atoms. The zero-order chi connectivity index (χ0) is 22.5. The fraction of sp³-hybridized carbons (Fsp3) is 0.542. The highest BCUT2D eigenvalue weighted by Gasteiger charge is 2.31. The molecule has 2 N–H and O–H groups in total. The topological polar surface area (TPSA) is 60.3 Å². The summed E-state index contributed by atoms with van der Waals surface area (Å²) >= 11 is 6.10. The Morgan fingerprint density at radius 2 is 1.97 bits per heavy atom. The van der Waals surface area contributed by atoms with E-state index in [9.17, 15) is 5.11 Å². The van der Waals surface area contributed by atoms with Crippen LogP contribution in [0.2, 0.25) is 0 Å². The third-order valence-electron chi connectivity index (χ3n) is 6.13. The van der Waals surface area contributed by atoms with Gasteiger partial charge in [-0.05, 0) is 57.2 Å². The molecule has 2 fully saturated rings. The maximum absolute atomic E-state index is 9.79. The molecule has 2 aliphatic heterocycles. The second-order valence-corrected chi connectivity index (χ2v) is 9.00. The Kier molecular flexibility index (Phi) is 8.03. The van der Waals surface area contributed by atoms with E-state index in [1.54, 1.807) is 13.3 Å². The fourth-order valence-electron chi connectivity index (χ4n) is 4.29. The second-order valence-electron chi connectivity index (χ2n) is 8.59. The lowest BCUT2D eigenvalue weighted by molar-refractivity contribution is 0.0653. The lowest BCUT2D eigenvalue weighted by Crippen LogP contribution is -2.44. The van der Waals surface area contributed by atoms with Crippen LogP contribution >= 0.6 is 11.6 Å². The number of likely N-dealkylation sites (tertiary alicyclic amines) is 1. The number of aliphatic imine (C=N–C) groups is 1. The molecule has 1 unspecified atom stereocenters. The highest BCUT2D eigenvalue weighted by atomic mass is 35.5. The number of nitrogens with one attached hydrogen (secondary N) is 1. The van der Waals surface area contributed by atoms with Crippen LogP contribution in [0.4, 0.5) is 11.4 Å². The van der Waals surface area contributed by atoms with Gasteiger partial charge in [-0.3, -0.25) is 4.90 Å². The number of allylic oxidation sites excluding steroid dienone is 2. The number of ether oxygens (including phenoxy) is 1. The molecule has 2 saturated heterocycles. The highest BCUT2D eigenvalue weighted by molar-refractivity contribution is 6.31. The summed E-state index contributed by atoms with van der Waals surface area (Å²) in [4.78, 5) is 9.37. The summed E-state index contributed by atoms with van der Waals surface area (Å²) in [7, 11) is 1.69. The van der Waals surface area contributed by atoms with Crippen LogP contribution in [0, 0.1) is 6.92 Å². The number of hydrogen-bond donors (Lipinski definition) is 2. The number of benzene rings is 1. The van der Waals surface area contributed by atoms with Crippen LogP contribution in [0.25, 0.3) is 0 Å². The maximum Gasteiger partial charge on any atom is 0.144 e. The Bertz CT molecular complexity index is 859. The summed E-state index contributed by atoms with van der Waals surface area (Å²) in [5.41, 5.74) is 4.06. The monoisotopic (exact) mass is 446 g/mol. The molecule has 1 aromatic rings. The molecule has 0 amide bonds. The van der Waals surface area contributed by atoms with Crippen LogP contribution in [-0.2, 0) is 0 Å². The van der Waals surface area contributed by atoms with E-state index in [1.807, 2.05) is 13.8 Å². The summed E-state index contributed by atoms with van der Waals surface area (Å²) in [6.45, 7) is 13.7. The predicted octanol–water partition coefficient (Wildman–Crippen LogP) is 4.53. The van der Waals surface area contributed by atoms with Gasteiger partial charge in [-0.15, -0.1) is 0 Å². The number of halogens is 1. The quantitative estimate of drug-likeness (QED) is 0.382. The van der Waals surface area contributed by atoms with Gasteiger partial charge >= 0.3 is 0 Å². The van der Waals surface area contributed by atoms with Crippen LogP contribution in [0.3, 0.4) is 0 Å². The normalized spacial score (nSPS) is 21.5. The smallest absolute Gasteiger partial charge is 0.144 e. The number of amidine groups is 1. The molecule has 1 aromatic carbocycles. The first-order valence-corrected chi connectivity index (χ1v) is 11.3. The largest absolute Gasteiger partial charge is 0.494 e. The molecule has 31 heavy (non-hydrogen) atoms. The summed E-state index contributed by atoms with van der Waals surface area (Å²) in [5.74, 6) is 1.51. The third kappa shape index (κ3) is 6.03. The summed E-state index contributed by atoms with van der Waals surface area (Å²) in [6, 6.07) is 4.78. The summed E-state index contributed by atoms with van der Waals surface area (Å²) in [6.07, 6.45) is 4.40. The molecule has 0 aromatic heterocycles. The standard InChI is InChI=1S/C24H35ClN4O2/c1-16(2)21(25)14-26-18(4)27-22-12-17(3)23(13-24(22)31-5)29-9-6-19(15-29)28-10-7-20(30)8-11-28/h12-14,19-20,30H,1,6-11,15H2,2-5H3,(H,26,27)/b21-14+. The predicted molar refractivity (Wildman–Crippen MR) is 131 cm³/mol. The minimum atomic E-state index is -0.125. The van der Waals surface area contributed by atoms with Crippen molar-refractivity contribution in [1.82, 2.24) is 4.90 Å². The Labute approximate surface area is 191 Å². The van der Waals surface area contributed by atoms with Gasteiger partial charge in [0.25, 0.3) is 0 Å². The summed E-state index contributed by atoms with van der Waals surface area (Å²) in [5, 5.41) is 13.6. The number of methoxy groups -OCH3 is 1. The van der Waals surface area contributed by atoms with Gasteiger partial charge in [0.2, 0.25) is 0 Å². The van der Waals surface area contributed by atoms with Crippen molar-refractivity contribution in [2.24, 2.45) is 4.99 Å². The van der Waals surface area contributed by atoms with Gasteiger partial charge < -0.3 is 20.1 Å². The average molecular weight is 447 g/mol. The third-order valence-corrected chi connectivity index (χ3v) is 6.55. The number of aryl methyl sites for hydroxylation is 1. The van der Waals surface area contributed by atoms with Crippen LogP contribution in [0.1, 0.15) is 38.7 Å². The zero-order valence-corrected chi connectivity index (χ0v) is 19.9. The molecule has 3 rings (SSSR count). The SMILES string of the molecule is C=C(C)/C(Cl)=C\N=C(/C)Nc1cc(C)c(N2CCC(N3CCC(O)CC3)C2)cc1OC. The first-order valence-electron chi connectivity index (χ1n) is 11.0. The van der Waals surface area contributed by atoms with Gasteiger partial charge in [-0.2, -0.15) is 0 Å². The van der Waals surface area contributed by atoms with Gasteiger partial charge in [0.1, 0.15) is 11.6 Å². The molecule has 170 valence electrons. The lowest BCUT2D eigenvalue weighted by Gasteiger charge is -2.34. The zero-order valence-electron chi connectivity index (χ0n) is 19.1. The number of aliphatic hydroxyl groups is 1. The van der Waals surface area contributed by atoms with Crippen molar-refractivity contribution in [2.45, 2.75) is 52.2 Å². The van der Waals surface area contributed by atoms with Gasteiger partial charge in [0.15, 0.2) is 0 Å². The van der Waals surface area contributed by atoms with Crippen molar-refractivity contribution >= 4 is 28.8 Å². The maximum atomic E-state index is 9.79. The second kappa shape index (κ2) is 10.5. The molecule has 1 atom stereocenters. The molecule has 7 heteroatoms.